The number of aliphatic hydroxyl groups is 1. The molecule has 0 spiro atoms. The molecule has 0 bridgehead atoms. The first kappa shape index (κ1) is 17.7. The minimum Gasteiger partial charge on any atom is -0.497 e. The Morgan fingerprint density at radius 1 is 1.16 bits per heavy atom. The molecule has 0 unspecified atom stereocenters. The summed E-state index contributed by atoms with van der Waals surface area (Å²) >= 11 is 0. The van der Waals surface area contributed by atoms with Crippen LogP contribution in [0.4, 0.5) is 0 Å². The summed E-state index contributed by atoms with van der Waals surface area (Å²) in [6.45, 7) is 4.15. The monoisotopic (exact) mass is 342 g/mol. The predicted molar refractivity (Wildman–Crippen MR) is 98.0 cm³/mol. The number of piperazine rings is 1. The van der Waals surface area contributed by atoms with Gasteiger partial charge in [0.1, 0.15) is 18.1 Å². The van der Waals surface area contributed by atoms with E-state index in [2.05, 4.69) is 34.5 Å². The number of hydrogen-bond acceptors (Lipinski definition) is 5. The molecule has 1 saturated heterocycles. The number of ether oxygens (including phenoxy) is 2. The highest BCUT2D eigenvalue weighted by Crippen LogP contribution is 2.26. The van der Waals surface area contributed by atoms with Crippen molar-refractivity contribution >= 4 is 0 Å². The Morgan fingerprint density at radius 3 is 2.76 bits per heavy atom. The summed E-state index contributed by atoms with van der Waals surface area (Å²) in [5.74, 6) is 1.69. The molecule has 1 aliphatic rings. The number of hydrogen-bond donors (Lipinski definition) is 2. The molecule has 0 amide bonds. The lowest BCUT2D eigenvalue weighted by Gasteiger charge is -2.36. The van der Waals surface area contributed by atoms with Gasteiger partial charge in [-0.05, 0) is 35.4 Å². The van der Waals surface area contributed by atoms with Crippen LogP contribution in [0.1, 0.15) is 17.2 Å². The fourth-order valence-electron chi connectivity index (χ4n) is 3.22. The van der Waals surface area contributed by atoms with Gasteiger partial charge in [0, 0.05) is 32.2 Å². The van der Waals surface area contributed by atoms with E-state index < -0.39 is 0 Å². The van der Waals surface area contributed by atoms with Gasteiger partial charge >= 0.3 is 0 Å². The van der Waals surface area contributed by atoms with Gasteiger partial charge in [0.15, 0.2) is 0 Å². The van der Waals surface area contributed by atoms with E-state index in [1.807, 2.05) is 24.3 Å². The van der Waals surface area contributed by atoms with Gasteiger partial charge in [-0.25, -0.2) is 0 Å². The van der Waals surface area contributed by atoms with E-state index in [0.29, 0.717) is 12.6 Å². The molecule has 25 heavy (non-hydrogen) atoms. The lowest BCUT2D eigenvalue weighted by Crippen LogP contribution is -2.45. The quantitative estimate of drug-likeness (QED) is 0.808. The summed E-state index contributed by atoms with van der Waals surface area (Å²) in [4.78, 5) is 2.49. The molecule has 1 heterocycles. The first-order valence-corrected chi connectivity index (χ1v) is 8.71. The Hall–Kier alpha value is -2.08. The van der Waals surface area contributed by atoms with E-state index in [1.165, 1.54) is 11.1 Å². The van der Waals surface area contributed by atoms with Gasteiger partial charge in [0.25, 0.3) is 0 Å². The molecular weight excluding hydrogens is 316 g/mol. The van der Waals surface area contributed by atoms with Crippen LogP contribution in [-0.4, -0.2) is 50.0 Å². The van der Waals surface area contributed by atoms with Crippen molar-refractivity contribution in [3.05, 3.63) is 59.7 Å². The number of rotatable bonds is 7. The minimum atomic E-state index is 0.0293. The van der Waals surface area contributed by atoms with Gasteiger partial charge in [-0.1, -0.05) is 24.3 Å². The number of aliphatic hydroxyl groups excluding tert-OH is 1. The Balaban J connectivity index is 1.72. The first-order valence-electron chi connectivity index (χ1n) is 8.71. The van der Waals surface area contributed by atoms with Gasteiger partial charge in [-0.15, -0.1) is 0 Å². The fourth-order valence-corrected chi connectivity index (χ4v) is 3.22. The van der Waals surface area contributed by atoms with Crippen molar-refractivity contribution in [2.24, 2.45) is 0 Å². The topological polar surface area (TPSA) is 54.0 Å². The van der Waals surface area contributed by atoms with Crippen LogP contribution < -0.4 is 14.8 Å². The predicted octanol–water partition coefficient (Wildman–Crippen LogP) is 2.21. The average Bonchev–Trinajstić information content (AvgIpc) is 2.67. The maximum atomic E-state index is 8.91. The molecule has 2 aromatic rings. The van der Waals surface area contributed by atoms with Crippen LogP contribution in [0.5, 0.6) is 11.5 Å². The van der Waals surface area contributed by atoms with E-state index in [-0.39, 0.29) is 6.61 Å². The Bertz CT molecular complexity index is 660. The molecule has 2 aromatic carbocycles. The molecule has 1 aliphatic heterocycles. The molecule has 3 rings (SSSR count). The van der Waals surface area contributed by atoms with Crippen molar-refractivity contribution in [1.29, 1.82) is 0 Å². The third-order valence-electron chi connectivity index (χ3n) is 4.50. The summed E-state index contributed by atoms with van der Waals surface area (Å²) in [6.07, 6.45) is 0. The van der Waals surface area contributed by atoms with Gasteiger partial charge in [0.2, 0.25) is 0 Å². The molecule has 5 nitrogen and oxygen atoms in total. The number of nitrogens with one attached hydrogen (secondary N) is 1. The van der Waals surface area contributed by atoms with Crippen molar-refractivity contribution in [1.82, 2.24) is 10.2 Å². The second kappa shape index (κ2) is 8.85. The molecule has 0 saturated carbocycles. The molecule has 0 aromatic heterocycles. The summed E-state index contributed by atoms with van der Waals surface area (Å²) in [5.41, 5.74) is 2.51. The van der Waals surface area contributed by atoms with Crippen molar-refractivity contribution in [2.75, 3.05) is 40.0 Å². The standard InChI is InChI=1S/C20H26N2O3/c1-24-18-7-5-17(6-8-18)20-14-21-9-10-22(20)15-16-3-2-4-19(13-16)25-12-11-23/h2-8,13,20-21,23H,9-12,14-15H2,1H3/t20-/m1/s1. The van der Waals surface area contributed by atoms with Gasteiger partial charge in [-0.2, -0.15) is 0 Å². The number of benzene rings is 2. The van der Waals surface area contributed by atoms with Crippen LogP contribution in [0.15, 0.2) is 48.5 Å². The zero-order valence-electron chi connectivity index (χ0n) is 14.6. The lowest BCUT2D eigenvalue weighted by molar-refractivity contribution is 0.153. The molecule has 1 fully saturated rings. The van der Waals surface area contributed by atoms with Crippen LogP contribution >= 0.6 is 0 Å². The lowest BCUT2D eigenvalue weighted by atomic mass is 10.0. The van der Waals surface area contributed by atoms with Crippen molar-refractivity contribution in [2.45, 2.75) is 12.6 Å². The van der Waals surface area contributed by atoms with Crippen molar-refractivity contribution in [3.8, 4) is 11.5 Å². The third kappa shape index (κ3) is 4.72. The SMILES string of the molecule is COc1ccc([C@H]2CNCCN2Cc2cccc(OCCO)c2)cc1. The summed E-state index contributed by atoms with van der Waals surface area (Å²) in [6, 6.07) is 16.8. The van der Waals surface area contributed by atoms with Crippen molar-refractivity contribution < 1.29 is 14.6 Å². The van der Waals surface area contributed by atoms with Gasteiger partial charge < -0.3 is 19.9 Å². The molecule has 2 N–H and O–H groups in total. The highest BCUT2D eigenvalue weighted by atomic mass is 16.5. The summed E-state index contributed by atoms with van der Waals surface area (Å²) in [7, 11) is 1.69. The maximum absolute atomic E-state index is 8.91. The van der Waals surface area contributed by atoms with Gasteiger partial charge in [0.05, 0.1) is 13.7 Å². The van der Waals surface area contributed by atoms with Crippen LogP contribution in [0.25, 0.3) is 0 Å². The normalized spacial score (nSPS) is 18.1. The second-order valence-corrected chi connectivity index (χ2v) is 6.18. The molecular formula is C20H26N2O3. The van der Waals surface area contributed by atoms with Crippen LogP contribution in [0.2, 0.25) is 0 Å². The molecule has 5 heteroatoms. The summed E-state index contributed by atoms with van der Waals surface area (Å²) < 4.78 is 10.8. The molecule has 0 aliphatic carbocycles. The highest BCUT2D eigenvalue weighted by molar-refractivity contribution is 5.31. The van der Waals surface area contributed by atoms with Crippen LogP contribution in [-0.2, 0) is 6.54 Å². The van der Waals surface area contributed by atoms with Crippen LogP contribution in [0.3, 0.4) is 0 Å². The highest BCUT2D eigenvalue weighted by Gasteiger charge is 2.23. The third-order valence-corrected chi connectivity index (χ3v) is 4.50. The molecule has 0 radical (unpaired) electrons. The minimum absolute atomic E-state index is 0.0293. The van der Waals surface area contributed by atoms with Gasteiger partial charge in [-0.3, -0.25) is 4.90 Å². The van der Waals surface area contributed by atoms with Crippen LogP contribution in [0, 0.1) is 0 Å². The van der Waals surface area contributed by atoms with E-state index in [0.717, 1.165) is 37.7 Å². The van der Waals surface area contributed by atoms with E-state index in [1.54, 1.807) is 7.11 Å². The van der Waals surface area contributed by atoms with E-state index in [4.69, 9.17) is 14.6 Å². The Labute approximate surface area is 149 Å². The summed E-state index contributed by atoms with van der Waals surface area (Å²) in [5, 5.41) is 12.4. The number of methoxy groups -OCH3 is 1. The zero-order chi connectivity index (χ0) is 17.5. The Morgan fingerprint density at radius 2 is 2.00 bits per heavy atom. The zero-order valence-corrected chi connectivity index (χ0v) is 14.6. The maximum Gasteiger partial charge on any atom is 0.119 e. The Kier molecular flexibility index (Phi) is 6.28. The molecule has 1 atom stereocenters. The average molecular weight is 342 g/mol. The smallest absolute Gasteiger partial charge is 0.119 e. The first-order chi connectivity index (χ1) is 12.3. The number of nitrogens with zero attached hydrogens (tertiary/aromatic N) is 1. The van der Waals surface area contributed by atoms with Crippen molar-refractivity contribution in [3.63, 3.8) is 0 Å². The largest absolute Gasteiger partial charge is 0.497 e. The second-order valence-electron chi connectivity index (χ2n) is 6.18. The van der Waals surface area contributed by atoms with E-state index >= 15 is 0 Å². The fraction of sp³-hybridized carbons (Fsp3) is 0.400. The molecule has 134 valence electrons. The van der Waals surface area contributed by atoms with E-state index in [9.17, 15) is 0 Å².